The van der Waals surface area contributed by atoms with Crippen molar-refractivity contribution in [2.45, 2.75) is 13.3 Å². The molecular weight excluding hydrogens is 352 g/mol. The summed E-state index contributed by atoms with van der Waals surface area (Å²) in [4.78, 5) is 24.1. The van der Waals surface area contributed by atoms with Crippen LogP contribution >= 0.6 is 11.3 Å². The third kappa shape index (κ3) is 4.71. The molecule has 26 heavy (non-hydrogen) atoms. The van der Waals surface area contributed by atoms with Crippen molar-refractivity contribution in [1.29, 1.82) is 5.26 Å². The van der Waals surface area contributed by atoms with Crippen LogP contribution in [0, 0.1) is 11.3 Å². The van der Waals surface area contributed by atoms with Gasteiger partial charge in [0.05, 0.1) is 12.7 Å². The van der Waals surface area contributed by atoms with Crippen molar-refractivity contribution in [2.24, 2.45) is 0 Å². The standard InChI is InChI=1S/C19H18N2O4S/c1-3-11-25-14-7-5-13(6-8-14)15-12-26-18(21-16(22)9-10-20)17(15)19(23)24-4-2/h3,5-8,12H,1,4,9,11H2,2H3,(H,21,22). The van der Waals surface area contributed by atoms with Crippen molar-refractivity contribution >= 4 is 28.2 Å². The van der Waals surface area contributed by atoms with Gasteiger partial charge in [0.2, 0.25) is 5.91 Å². The lowest BCUT2D eigenvalue weighted by molar-refractivity contribution is -0.115. The van der Waals surface area contributed by atoms with Crippen LogP contribution in [0.1, 0.15) is 23.7 Å². The van der Waals surface area contributed by atoms with Crippen LogP contribution < -0.4 is 10.1 Å². The molecule has 1 N–H and O–H groups in total. The number of nitrogens with one attached hydrogen (secondary N) is 1. The predicted molar refractivity (Wildman–Crippen MR) is 100 cm³/mol. The zero-order chi connectivity index (χ0) is 18.9. The minimum Gasteiger partial charge on any atom is -0.490 e. The Bertz CT molecular complexity index is 834. The Morgan fingerprint density at radius 1 is 1.35 bits per heavy atom. The number of rotatable bonds is 8. The van der Waals surface area contributed by atoms with E-state index in [0.29, 0.717) is 22.9 Å². The van der Waals surface area contributed by atoms with Gasteiger partial charge in [0.1, 0.15) is 29.3 Å². The maximum atomic E-state index is 12.4. The molecule has 0 atom stereocenters. The first kappa shape index (κ1) is 19.2. The van der Waals surface area contributed by atoms with Crippen LogP contribution in [0.2, 0.25) is 0 Å². The largest absolute Gasteiger partial charge is 0.490 e. The molecule has 0 saturated carbocycles. The monoisotopic (exact) mass is 370 g/mol. The van der Waals surface area contributed by atoms with Crippen molar-refractivity contribution in [3.8, 4) is 22.9 Å². The molecule has 0 unspecified atom stereocenters. The Hall–Kier alpha value is -3.11. The maximum Gasteiger partial charge on any atom is 0.341 e. The van der Waals surface area contributed by atoms with Gasteiger partial charge < -0.3 is 14.8 Å². The first-order valence-electron chi connectivity index (χ1n) is 7.90. The molecule has 1 amide bonds. The van der Waals surface area contributed by atoms with E-state index in [-0.39, 0.29) is 18.6 Å². The Balaban J connectivity index is 2.36. The summed E-state index contributed by atoms with van der Waals surface area (Å²) in [7, 11) is 0. The van der Waals surface area contributed by atoms with E-state index in [9.17, 15) is 9.59 Å². The summed E-state index contributed by atoms with van der Waals surface area (Å²) in [5.74, 6) is -0.313. The molecule has 1 heterocycles. The fourth-order valence-electron chi connectivity index (χ4n) is 2.20. The molecule has 0 aliphatic heterocycles. The topological polar surface area (TPSA) is 88.4 Å². The van der Waals surface area contributed by atoms with Gasteiger partial charge in [-0.05, 0) is 24.6 Å². The molecule has 0 aliphatic carbocycles. The smallest absolute Gasteiger partial charge is 0.341 e. The number of hydrogen-bond donors (Lipinski definition) is 1. The SMILES string of the molecule is C=CCOc1ccc(-c2csc(NC(=O)CC#N)c2C(=O)OCC)cc1. The van der Waals surface area contributed by atoms with Crippen molar-refractivity contribution in [2.75, 3.05) is 18.5 Å². The molecule has 6 nitrogen and oxygen atoms in total. The van der Waals surface area contributed by atoms with Gasteiger partial charge in [0.15, 0.2) is 0 Å². The van der Waals surface area contributed by atoms with Crippen LogP contribution in [-0.2, 0) is 9.53 Å². The van der Waals surface area contributed by atoms with Gasteiger partial charge in [-0.1, -0.05) is 24.8 Å². The molecule has 2 aromatic rings. The molecule has 1 aromatic carbocycles. The van der Waals surface area contributed by atoms with Gasteiger partial charge in [-0.3, -0.25) is 4.79 Å². The summed E-state index contributed by atoms with van der Waals surface area (Å²) >= 11 is 1.21. The molecule has 0 bridgehead atoms. The average Bonchev–Trinajstić information content (AvgIpc) is 3.04. The molecule has 0 fully saturated rings. The molecule has 7 heteroatoms. The van der Waals surface area contributed by atoms with Crippen LogP contribution in [0.15, 0.2) is 42.3 Å². The van der Waals surface area contributed by atoms with E-state index in [4.69, 9.17) is 14.7 Å². The van der Waals surface area contributed by atoms with E-state index in [0.717, 1.165) is 5.56 Å². The summed E-state index contributed by atoms with van der Waals surface area (Å²) in [6, 6.07) is 9.01. The number of esters is 1. The highest BCUT2D eigenvalue weighted by Gasteiger charge is 2.22. The van der Waals surface area contributed by atoms with E-state index < -0.39 is 11.9 Å². The highest BCUT2D eigenvalue weighted by molar-refractivity contribution is 7.15. The Kier molecular flexibility index (Phi) is 6.94. The van der Waals surface area contributed by atoms with Crippen LogP contribution in [0.3, 0.4) is 0 Å². The van der Waals surface area contributed by atoms with Crippen molar-refractivity contribution in [3.63, 3.8) is 0 Å². The minimum absolute atomic E-state index is 0.216. The van der Waals surface area contributed by atoms with Crippen molar-refractivity contribution in [1.82, 2.24) is 0 Å². The number of nitrogens with zero attached hydrogens (tertiary/aromatic N) is 1. The minimum atomic E-state index is -0.525. The second-order valence-electron chi connectivity index (χ2n) is 5.08. The lowest BCUT2D eigenvalue weighted by Gasteiger charge is -2.09. The lowest BCUT2D eigenvalue weighted by atomic mass is 10.0. The van der Waals surface area contributed by atoms with Crippen molar-refractivity contribution in [3.05, 3.63) is 47.9 Å². The zero-order valence-corrected chi connectivity index (χ0v) is 15.1. The number of ether oxygens (including phenoxy) is 2. The number of hydrogen-bond acceptors (Lipinski definition) is 6. The van der Waals surface area contributed by atoms with Crippen LogP contribution in [0.25, 0.3) is 11.1 Å². The number of amides is 1. The Labute approximate surface area is 155 Å². The maximum absolute atomic E-state index is 12.4. The predicted octanol–water partition coefficient (Wildman–Crippen LogP) is 4.01. The fourth-order valence-corrected chi connectivity index (χ4v) is 3.17. The lowest BCUT2D eigenvalue weighted by Crippen LogP contribution is -2.13. The molecule has 0 aliphatic rings. The number of benzene rings is 1. The van der Waals surface area contributed by atoms with Crippen LogP contribution in [0.5, 0.6) is 5.75 Å². The Morgan fingerprint density at radius 2 is 2.08 bits per heavy atom. The highest BCUT2D eigenvalue weighted by Crippen LogP contribution is 2.37. The van der Waals surface area contributed by atoms with Crippen molar-refractivity contribution < 1.29 is 19.1 Å². The third-order valence-corrected chi connectivity index (χ3v) is 4.19. The van der Waals surface area contributed by atoms with Gasteiger partial charge in [-0.15, -0.1) is 11.3 Å². The van der Waals surface area contributed by atoms with E-state index >= 15 is 0 Å². The molecule has 0 saturated heterocycles. The van der Waals surface area contributed by atoms with Crippen LogP contribution in [-0.4, -0.2) is 25.1 Å². The van der Waals surface area contributed by atoms with E-state index in [1.807, 2.05) is 12.1 Å². The average molecular weight is 370 g/mol. The van der Waals surface area contributed by atoms with Gasteiger partial charge in [0.25, 0.3) is 0 Å². The Morgan fingerprint density at radius 3 is 2.69 bits per heavy atom. The summed E-state index contributed by atoms with van der Waals surface area (Å²) in [5.41, 5.74) is 1.72. The summed E-state index contributed by atoms with van der Waals surface area (Å²) in [6.07, 6.45) is 1.37. The van der Waals surface area contributed by atoms with E-state index in [1.54, 1.807) is 36.6 Å². The first-order valence-corrected chi connectivity index (χ1v) is 8.78. The molecular formula is C19H18N2O4S. The highest BCUT2D eigenvalue weighted by atomic mass is 32.1. The second-order valence-corrected chi connectivity index (χ2v) is 5.96. The van der Waals surface area contributed by atoms with Gasteiger partial charge in [0, 0.05) is 10.9 Å². The molecule has 2 rings (SSSR count). The van der Waals surface area contributed by atoms with Gasteiger partial charge in [-0.2, -0.15) is 5.26 Å². The normalized spacial score (nSPS) is 9.85. The molecule has 1 aromatic heterocycles. The number of nitriles is 1. The first-order chi connectivity index (χ1) is 12.6. The van der Waals surface area contributed by atoms with Gasteiger partial charge >= 0.3 is 5.97 Å². The fraction of sp³-hybridized carbons (Fsp3) is 0.211. The second kappa shape index (κ2) is 9.39. The number of carbonyl (C=O) groups excluding carboxylic acids is 2. The zero-order valence-electron chi connectivity index (χ0n) is 14.3. The number of thiophene rings is 1. The number of anilines is 1. The van der Waals surface area contributed by atoms with Crippen LogP contribution in [0.4, 0.5) is 5.00 Å². The third-order valence-electron chi connectivity index (χ3n) is 3.30. The molecule has 0 radical (unpaired) electrons. The van der Waals surface area contributed by atoms with E-state index in [2.05, 4.69) is 11.9 Å². The summed E-state index contributed by atoms with van der Waals surface area (Å²) in [6.45, 7) is 5.93. The quantitative estimate of drug-likeness (QED) is 0.560. The summed E-state index contributed by atoms with van der Waals surface area (Å²) in [5, 5.41) is 13.4. The number of carbonyl (C=O) groups is 2. The molecule has 134 valence electrons. The van der Waals surface area contributed by atoms with E-state index in [1.165, 1.54) is 11.3 Å². The van der Waals surface area contributed by atoms with Gasteiger partial charge in [-0.25, -0.2) is 4.79 Å². The summed E-state index contributed by atoms with van der Waals surface area (Å²) < 4.78 is 10.6. The molecule has 0 spiro atoms.